The molecule has 0 saturated heterocycles. The number of nitrogens with one attached hydrogen (secondary N) is 1. The van der Waals surface area contributed by atoms with E-state index in [4.69, 9.17) is 13.9 Å². The second kappa shape index (κ2) is 9.71. The van der Waals surface area contributed by atoms with Crippen molar-refractivity contribution in [2.75, 3.05) is 19.8 Å². The molecule has 6 heteroatoms. The van der Waals surface area contributed by atoms with Crippen LogP contribution in [0.5, 0.6) is 0 Å². The minimum Gasteiger partial charge on any atom is -0.450 e. The zero-order valence-electron chi connectivity index (χ0n) is 15.8. The number of rotatable bonds is 9. The van der Waals surface area contributed by atoms with Crippen LogP contribution in [0.4, 0.5) is 0 Å². The zero-order chi connectivity index (χ0) is 19.8. The van der Waals surface area contributed by atoms with Crippen molar-refractivity contribution in [3.8, 4) is 0 Å². The second-order valence-electron chi connectivity index (χ2n) is 6.20. The average molecular weight is 381 g/mol. The highest BCUT2D eigenvalue weighted by atomic mass is 16.5. The van der Waals surface area contributed by atoms with E-state index in [-0.39, 0.29) is 24.9 Å². The molecule has 1 aromatic heterocycles. The Morgan fingerprint density at radius 1 is 1.04 bits per heavy atom. The molecule has 1 heterocycles. The first-order valence-electron chi connectivity index (χ1n) is 9.25. The van der Waals surface area contributed by atoms with Crippen LogP contribution in [0.2, 0.25) is 0 Å². The van der Waals surface area contributed by atoms with Gasteiger partial charge in [0, 0.05) is 24.1 Å². The van der Waals surface area contributed by atoms with Crippen molar-refractivity contribution < 1.29 is 23.5 Å². The molecule has 0 aliphatic heterocycles. The number of carbonyl (C=O) groups is 2. The van der Waals surface area contributed by atoms with Crippen molar-refractivity contribution >= 4 is 22.8 Å². The number of ether oxygens (including phenoxy) is 2. The quantitative estimate of drug-likeness (QED) is 0.574. The minimum absolute atomic E-state index is 0.0757. The van der Waals surface area contributed by atoms with Gasteiger partial charge in [-0.3, -0.25) is 4.79 Å². The van der Waals surface area contributed by atoms with Gasteiger partial charge in [0.2, 0.25) is 5.76 Å². The number of para-hydroxylation sites is 1. The number of furan rings is 1. The molecule has 0 bridgehead atoms. The smallest absolute Gasteiger partial charge is 0.375 e. The molecule has 0 aliphatic carbocycles. The summed E-state index contributed by atoms with van der Waals surface area (Å²) in [6, 6.07) is 17.2. The van der Waals surface area contributed by atoms with Crippen LogP contribution in [0.25, 0.3) is 11.0 Å². The number of amides is 1. The number of hydrogen-bond acceptors (Lipinski definition) is 5. The van der Waals surface area contributed by atoms with E-state index in [2.05, 4.69) is 5.32 Å². The highest BCUT2D eigenvalue weighted by Crippen LogP contribution is 2.27. The van der Waals surface area contributed by atoms with Crippen molar-refractivity contribution in [1.29, 1.82) is 0 Å². The molecule has 0 fully saturated rings. The lowest BCUT2D eigenvalue weighted by Gasteiger charge is -2.07. The third-order valence-electron chi connectivity index (χ3n) is 4.25. The normalized spacial score (nSPS) is 10.8. The van der Waals surface area contributed by atoms with Gasteiger partial charge in [0.1, 0.15) is 5.58 Å². The standard InChI is InChI=1S/C22H23NO5/c1-2-26-14-18-17-10-6-7-11-19(17)28-21(18)22(25)27-15-20(24)23-13-12-16-8-4-3-5-9-16/h3-11H,2,12-15H2,1H3,(H,23,24). The summed E-state index contributed by atoms with van der Waals surface area (Å²) in [4.78, 5) is 24.4. The van der Waals surface area contributed by atoms with Gasteiger partial charge in [-0.15, -0.1) is 0 Å². The van der Waals surface area contributed by atoms with Crippen molar-refractivity contribution in [3.05, 3.63) is 71.5 Å². The summed E-state index contributed by atoms with van der Waals surface area (Å²) in [5.41, 5.74) is 2.34. The number of hydrogen-bond donors (Lipinski definition) is 1. The van der Waals surface area contributed by atoms with Crippen LogP contribution >= 0.6 is 0 Å². The molecule has 0 spiro atoms. The van der Waals surface area contributed by atoms with Crippen LogP contribution < -0.4 is 5.32 Å². The van der Waals surface area contributed by atoms with Gasteiger partial charge >= 0.3 is 5.97 Å². The minimum atomic E-state index is -0.677. The molecule has 146 valence electrons. The van der Waals surface area contributed by atoms with Gasteiger partial charge in [0.25, 0.3) is 5.91 Å². The van der Waals surface area contributed by atoms with E-state index < -0.39 is 5.97 Å². The molecule has 1 N–H and O–H groups in total. The van der Waals surface area contributed by atoms with Crippen LogP contribution in [0.1, 0.15) is 28.6 Å². The number of esters is 1. The molecular formula is C22H23NO5. The van der Waals surface area contributed by atoms with Gasteiger partial charge in [-0.2, -0.15) is 0 Å². The second-order valence-corrected chi connectivity index (χ2v) is 6.20. The SMILES string of the molecule is CCOCc1c(C(=O)OCC(=O)NCCc2ccccc2)oc2ccccc12. The molecular weight excluding hydrogens is 358 g/mol. The Hall–Kier alpha value is -3.12. The molecule has 3 aromatic rings. The first-order valence-corrected chi connectivity index (χ1v) is 9.25. The van der Waals surface area contributed by atoms with Crippen molar-refractivity contribution in [2.45, 2.75) is 20.0 Å². The summed E-state index contributed by atoms with van der Waals surface area (Å²) < 4.78 is 16.2. The Morgan fingerprint density at radius 2 is 1.79 bits per heavy atom. The number of benzene rings is 2. The van der Waals surface area contributed by atoms with E-state index in [1.54, 1.807) is 6.07 Å². The third-order valence-corrected chi connectivity index (χ3v) is 4.25. The molecule has 0 radical (unpaired) electrons. The third kappa shape index (κ3) is 4.98. The molecule has 2 aromatic carbocycles. The van der Waals surface area contributed by atoms with Gasteiger partial charge in [-0.05, 0) is 25.0 Å². The summed E-state index contributed by atoms with van der Waals surface area (Å²) in [5, 5.41) is 3.54. The maximum absolute atomic E-state index is 12.4. The van der Waals surface area contributed by atoms with E-state index in [1.165, 1.54) is 0 Å². The predicted octanol–water partition coefficient (Wildman–Crippen LogP) is 3.49. The fraction of sp³-hybridized carbons (Fsp3) is 0.273. The van der Waals surface area contributed by atoms with Crippen LogP contribution in [0, 0.1) is 0 Å². The van der Waals surface area contributed by atoms with Crippen LogP contribution in [0.3, 0.4) is 0 Å². The molecule has 0 aliphatic rings. The lowest BCUT2D eigenvalue weighted by atomic mass is 10.1. The highest BCUT2D eigenvalue weighted by molar-refractivity contribution is 5.96. The Kier molecular flexibility index (Phi) is 6.81. The van der Waals surface area contributed by atoms with Gasteiger partial charge in [-0.25, -0.2) is 4.79 Å². The van der Waals surface area contributed by atoms with E-state index >= 15 is 0 Å². The van der Waals surface area contributed by atoms with E-state index in [0.29, 0.717) is 30.7 Å². The first-order chi connectivity index (χ1) is 13.7. The number of fused-ring (bicyclic) bond motifs is 1. The Morgan fingerprint density at radius 3 is 2.57 bits per heavy atom. The molecule has 1 amide bonds. The van der Waals surface area contributed by atoms with Gasteiger partial charge < -0.3 is 19.2 Å². The lowest BCUT2D eigenvalue weighted by Crippen LogP contribution is -2.30. The Balaban J connectivity index is 1.56. The summed E-state index contributed by atoms with van der Waals surface area (Å²) in [5.74, 6) is -0.956. The average Bonchev–Trinajstić information content (AvgIpc) is 3.10. The van der Waals surface area contributed by atoms with Crippen LogP contribution in [-0.2, 0) is 27.3 Å². The monoisotopic (exact) mass is 381 g/mol. The van der Waals surface area contributed by atoms with Crippen molar-refractivity contribution in [1.82, 2.24) is 5.32 Å². The maximum atomic E-state index is 12.4. The lowest BCUT2D eigenvalue weighted by molar-refractivity contribution is -0.124. The molecule has 28 heavy (non-hydrogen) atoms. The fourth-order valence-corrected chi connectivity index (χ4v) is 2.85. The summed E-state index contributed by atoms with van der Waals surface area (Å²) >= 11 is 0. The van der Waals surface area contributed by atoms with Gasteiger partial charge in [0.15, 0.2) is 6.61 Å². The molecule has 6 nitrogen and oxygen atoms in total. The summed E-state index contributed by atoms with van der Waals surface area (Å²) in [6.45, 7) is 2.73. The van der Waals surface area contributed by atoms with E-state index in [1.807, 2.05) is 55.5 Å². The summed E-state index contributed by atoms with van der Waals surface area (Å²) in [7, 11) is 0. The van der Waals surface area contributed by atoms with Crippen LogP contribution in [-0.4, -0.2) is 31.6 Å². The Labute approximate surface area is 163 Å². The highest BCUT2D eigenvalue weighted by Gasteiger charge is 2.22. The summed E-state index contributed by atoms with van der Waals surface area (Å²) in [6.07, 6.45) is 0.711. The molecule has 0 saturated carbocycles. The predicted molar refractivity (Wildman–Crippen MR) is 105 cm³/mol. The van der Waals surface area contributed by atoms with Crippen LogP contribution in [0.15, 0.2) is 59.0 Å². The molecule has 0 atom stereocenters. The maximum Gasteiger partial charge on any atom is 0.375 e. The molecule has 3 rings (SSSR count). The van der Waals surface area contributed by atoms with Gasteiger partial charge in [-0.1, -0.05) is 48.5 Å². The topological polar surface area (TPSA) is 77.8 Å². The van der Waals surface area contributed by atoms with Gasteiger partial charge in [0.05, 0.1) is 6.61 Å². The van der Waals surface area contributed by atoms with E-state index in [0.717, 1.165) is 10.9 Å². The zero-order valence-corrected chi connectivity index (χ0v) is 15.8. The largest absolute Gasteiger partial charge is 0.450 e. The molecule has 0 unspecified atom stereocenters. The fourth-order valence-electron chi connectivity index (χ4n) is 2.85. The first kappa shape index (κ1) is 19.6. The van der Waals surface area contributed by atoms with Crippen molar-refractivity contribution in [3.63, 3.8) is 0 Å². The van der Waals surface area contributed by atoms with Crippen molar-refractivity contribution in [2.24, 2.45) is 0 Å². The van der Waals surface area contributed by atoms with E-state index in [9.17, 15) is 9.59 Å². The Bertz CT molecular complexity index is 933. The number of carbonyl (C=O) groups excluding carboxylic acids is 2.